The number of rotatable bonds is 6. The lowest BCUT2D eigenvalue weighted by molar-refractivity contribution is 0.370. The monoisotopic (exact) mass is 295 g/mol. The predicted octanol–water partition coefficient (Wildman–Crippen LogP) is 4.19. The third kappa shape index (κ3) is 3.84. The number of benzene rings is 1. The van der Waals surface area contributed by atoms with Gasteiger partial charge in [-0.2, -0.15) is 9.37 Å². The highest BCUT2D eigenvalue weighted by Crippen LogP contribution is 2.31. The van der Waals surface area contributed by atoms with Gasteiger partial charge >= 0.3 is 0 Å². The number of ether oxygens (including phenoxy) is 2. The minimum atomic E-state index is -0.583. The average Bonchev–Trinajstić information content (AvgIpc) is 2.46. The highest BCUT2D eigenvalue weighted by Gasteiger charge is 2.08. The minimum Gasteiger partial charge on any atom is -0.493 e. The molecule has 0 N–H and O–H groups in total. The molecule has 5 heteroatoms. The summed E-state index contributed by atoms with van der Waals surface area (Å²) >= 11 is 5.68. The second-order valence-corrected chi connectivity index (χ2v) is 4.56. The van der Waals surface area contributed by atoms with E-state index in [9.17, 15) is 4.39 Å². The molecule has 0 unspecified atom stereocenters. The standard InChI is InChI=1S/C15H15ClFNO2/c1-19-13-10-11(4-3-9-16)7-8-12(13)20-15-6-2-5-14(17)18-15/h2,5-8,10H,3-4,9H2,1H3. The van der Waals surface area contributed by atoms with E-state index in [1.807, 2.05) is 12.1 Å². The number of pyridine rings is 1. The van der Waals surface area contributed by atoms with Gasteiger partial charge in [-0.3, -0.25) is 0 Å². The fraction of sp³-hybridized carbons (Fsp3) is 0.267. The van der Waals surface area contributed by atoms with Gasteiger partial charge in [0.15, 0.2) is 11.5 Å². The summed E-state index contributed by atoms with van der Waals surface area (Å²) in [5, 5.41) is 0. The van der Waals surface area contributed by atoms with Gasteiger partial charge in [0.2, 0.25) is 11.8 Å². The molecule has 0 fully saturated rings. The number of alkyl halides is 1. The van der Waals surface area contributed by atoms with Gasteiger partial charge < -0.3 is 9.47 Å². The van der Waals surface area contributed by atoms with Gasteiger partial charge in [0.25, 0.3) is 0 Å². The Morgan fingerprint density at radius 3 is 2.75 bits per heavy atom. The van der Waals surface area contributed by atoms with Crippen LogP contribution in [0.2, 0.25) is 0 Å². The summed E-state index contributed by atoms with van der Waals surface area (Å²) in [6.45, 7) is 0. The zero-order valence-corrected chi connectivity index (χ0v) is 11.9. The minimum absolute atomic E-state index is 0.191. The van der Waals surface area contributed by atoms with E-state index in [1.54, 1.807) is 25.3 Å². The van der Waals surface area contributed by atoms with Crippen molar-refractivity contribution in [3.63, 3.8) is 0 Å². The van der Waals surface area contributed by atoms with E-state index in [1.165, 1.54) is 6.07 Å². The van der Waals surface area contributed by atoms with E-state index in [0.717, 1.165) is 18.4 Å². The maximum Gasteiger partial charge on any atom is 0.222 e. The van der Waals surface area contributed by atoms with Crippen molar-refractivity contribution < 1.29 is 13.9 Å². The smallest absolute Gasteiger partial charge is 0.222 e. The number of nitrogens with zero attached hydrogens (tertiary/aromatic N) is 1. The Morgan fingerprint density at radius 2 is 2.05 bits per heavy atom. The van der Waals surface area contributed by atoms with Crippen molar-refractivity contribution in [2.24, 2.45) is 0 Å². The third-order valence-corrected chi connectivity index (χ3v) is 3.00. The molecular weight excluding hydrogens is 281 g/mol. The Bertz CT molecular complexity index is 578. The second-order valence-electron chi connectivity index (χ2n) is 4.18. The molecule has 0 saturated heterocycles. The van der Waals surface area contributed by atoms with Crippen LogP contribution >= 0.6 is 11.6 Å². The zero-order valence-electron chi connectivity index (χ0n) is 11.1. The molecule has 2 rings (SSSR count). The van der Waals surface area contributed by atoms with E-state index < -0.39 is 5.95 Å². The van der Waals surface area contributed by atoms with Gasteiger partial charge in [0.1, 0.15) is 0 Å². The summed E-state index contributed by atoms with van der Waals surface area (Å²) < 4.78 is 23.8. The Morgan fingerprint density at radius 1 is 1.20 bits per heavy atom. The Kier molecular flexibility index (Phi) is 5.18. The van der Waals surface area contributed by atoms with Crippen LogP contribution < -0.4 is 9.47 Å². The summed E-state index contributed by atoms with van der Waals surface area (Å²) in [4.78, 5) is 3.65. The number of aromatic nitrogens is 1. The molecule has 1 aromatic heterocycles. The highest BCUT2D eigenvalue weighted by molar-refractivity contribution is 6.17. The fourth-order valence-corrected chi connectivity index (χ4v) is 1.92. The van der Waals surface area contributed by atoms with Crippen molar-refractivity contribution in [3.05, 3.63) is 47.9 Å². The number of methoxy groups -OCH3 is 1. The molecule has 0 spiro atoms. The first-order chi connectivity index (χ1) is 9.72. The molecule has 0 bridgehead atoms. The number of hydrogen-bond donors (Lipinski definition) is 0. The van der Waals surface area contributed by atoms with Gasteiger partial charge in [0.05, 0.1) is 7.11 Å². The van der Waals surface area contributed by atoms with Gasteiger partial charge in [-0.15, -0.1) is 11.6 Å². The summed E-state index contributed by atoms with van der Waals surface area (Å²) in [5.74, 6) is 1.31. The van der Waals surface area contributed by atoms with Crippen LogP contribution in [0.3, 0.4) is 0 Å². The van der Waals surface area contributed by atoms with Gasteiger partial charge in [0, 0.05) is 11.9 Å². The summed E-state index contributed by atoms with van der Waals surface area (Å²) in [7, 11) is 1.56. The van der Waals surface area contributed by atoms with Crippen LogP contribution in [0.15, 0.2) is 36.4 Å². The van der Waals surface area contributed by atoms with Gasteiger partial charge in [-0.1, -0.05) is 12.1 Å². The van der Waals surface area contributed by atoms with E-state index in [4.69, 9.17) is 21.1 Å². The van der Waals surface area contributed by atoms with Crippen molar-refractivity contribution in [2.45, 2.75) is 12.8 Å². The Hall–Kier alpha value is -1.81. The predicted molar refractivity (Wildman–Crippen MR) is 76.3 cm³/mol. The first-order valence-corrected chi connectivity index (χ1v) is 6.79. The quantitative estimate of drug-likeness (QED) is 0.591. The second kappa shape index (κ2) is 7.10. The maximum absolute atomic E-state index is 13.0. The van der Waals surface area contributed by atoms with E-state index in [2.05, 4.69) is 4.98 Å². The molecule has 0 aliphatic heterocycles. The number of hydrogen-bond acceptors (Lipinski definition) is 3. The lowest BCUT2D eigenvalue weighted by Gasteiger charge is -2.11. The van der Waals surface area contributed by atoms with Gasteiger partial charge in [-0.25, -0.2) is 0 Å². The molecule has 2 aromatic rings. The molecule has 106 valence electrons. The van der Waals surface area contributed by atoms with Crippen LogP contribution in [-0.2, 0) is 6.42 Å². The topological polar surface area (TPSA) is 31.4 Å². The average molecular weight is 296 g/mol. The van der Waals surface area contributed by atoms with Crippen LogP contribution in [0.5, 0.6) is 17.4 Å². The van der Waals surface area contributed by atoms with Crippen molar-refractivity contribution in [2.75, 3.05) is 13.0 Å². The van der Waals surface area contributed by atoms with Crippen molar-refractivity contribution in [1.82, 2.24) is 4.98 Å². The summed E-state index contributed by atoms with van der Waals surface area (Å²) in [5.41, 5.74) is 1.11. The summed E-state index contributed by atoms with van der Waals surface area (Å²) in [6.07, 6.45) is 1.77. The zero-order chi connectivity index (χ0) is 14.4. The van der Waals surface area contributed by atoms with Crippen molar-refractivity contribution in [1.29, 1.82) is 0 Å². The molecule has 0 saturated carbocycles. The first kappa shape index (κ1) is 14.6. The molecule has 1 aromatic carbocycles. The molecule has 1 heterocycles. The molecule has 20 heavy (non-hydrogen) atoms. The highest BCUT2D eigenvalue weighted by atomic mass is 35.5. The number of aryl methyl sites for hydroxylation is 1. The van der Waals surface area contributed by atoms with Crippen LogP contribution in [0.4, 0.5) is 4.39 Å². The summed E-state index contributed by atoms with van der Waals surface area (Å²) in [6, 6.07) is 10.0. The van der Waals surface area contributed by atoms with E-state index in [0.29, 0.717) is 17.4 Å². The lowest BCUT2D eigenvalue weighted by Crippen LogP contribution is -1.95. The lowest BCUT2D eigenvalue weighted by atomic mass is 10.1. The van der Waals surface area contributed by atoms with Crippen LogP contribution in [0.1, 0.15) is 12.0 Å². The van der Waals surface area contributed by atoms with E-state index >= 15 is 0 Å². The van der Waals surface area contributed by atoms with Crippen LogP contribution in [-0.4, -0.2) is 18.0 Å². The largest absolute Gasteiger partial charge is 0.493 e. The fourth-order valence-electron chi connectivity index (χ4n) is 1.78. The molecular formula is C15H15ClFNO2. The normalized spacial score (nSPS) is 10.3. The van der Waals surface area contributed by atoms with E-state index in [-0.39, 0.29) is 5.88 Å². The van der Waals surface area contributed by atoms with Crippen molar-refractivity contribution >= 4 is 11.6 Å². The molecule has 0 amide bonds. The molecule has 0 aliphatic carbocycles. The molecule has 0 atom stereocenters. The Labute approximate surface area is 122 Å². The number of halogens is 2. The van der Waals surface area contributed by atoms with Crippen molar-refractivity contribution in [3.8, 4) is 17.4 Å². The van der Waals surface area contributed by atoms with Crippen LogP contribution in [0, 0.1) is 5.95 Å². The molecule has 0 aliphatic rings. The first-order valence-electron chi connectivity index (χ1n) is 6.26. The molecule has 0 radical (unpaired) electrons. The molecule has 3 nitrogen and oxygen atoms in total. The SMILES string of the molecule is COc1cc(CCCCl)ccc1Oc1cccc(F)n1. The maximum atomic E-state index is 13.0. The Balaban J connectivity index is 2.19. The van der Waals surface area contributed by atoms with Crippen LogP contribution in [0.25, 0.3) is 0 Å². The van der Waals surface area contributed by atoms with Gasteiger partial charge in [-0.05, 0) is 36.6 Å². The third-order valence-electron chi connectivity index (χ3n) is 2.73.